The highest BCUT2D eigenvalue weighted by atomic mass is 35.5. The van der Waals surface area contributed by atoms with Crippen molar-refractivity contribution in [2.45, 2.75) is 40.2 Å². The van der Waals surface area contributed by atoms with Crippen LogP contribution in [-0.4, -0.2) is 35.6 Å². The Balaban J connectivity index is 0.00000261. The molecule has 1 fully saturated rings. The highest BCUT2D eigenvalue weighted by molar-refractivity contribution is 5.85. The molecule has 0 aliphatic carbocycles. The minimum Gasteiger partial charge on any atom is -0.489 e. The molecule has 0 spiro atoms. The Morgan fingerprint density at radius 1 is 1.33 bits per heavy atom. The van der Waals surface area contributed by atoms with Crippen LogP contribution in [0.2, 0.25) is 0 Å². The molecule has 7 heteroatoms. The monoisotopic (exact) mass is 393 g/mol. The maximum atomic E-state index is 12.5. The number of rotatable bonds is 6. The van der Waals surface area contributed by atoms with E-state index < -0.39 is 0 Å². The largest absolute Gasteiger partial charge is 0.489 e. The van der Waals surface area contributed by atoms with Crippen LogP contribution in [0.1, 0.15) is 35.9 Å². The van der Waals surface area contributed by atoms with E-state index in [1.54, 1.807) is 0 Å². The maximum absolute atomic E-state index is 12.5. The number of ether oxygens (including phenoxy) is 1. The predicted octanol–water partition coefficient (Wildman–Crippen LogP) is 3.03. The average molecular weight is 394 g/mol. The maximum Gasteiger partial charge on any atom is 0.227 e. The lowest BCUT2D eigenvalue weighted by Gasteiger charge is -2.22. The van der Waals surface area contributed by atoms with Crippen LogP contribution in [0.15, 0.2) is 28.8 Å². The fourth-order valence-electron chi connectivity index (χ4n) is 3.26. The molecule has 3 rings (SSSR count). The number of hydrogen-bond donors (Lipinski definition) is 1. The fraction of sp³-hybridized carbons (Fsp3) is 0.500. The topological polar surface area (TPSA) is 81.6 Å². The van der Waals surface area contributed by atoms with Gasteiger partial charge in [-0.05, 0) is 49.9 Å². The number of nitrogens with zero attached hydrogens (tertiary/aromatic N) is 2. The number of halogens is 1. The van der Waals surface area contributed by atoms with Gasteiger partial charge in [0.15, 0.2) is 0 Å². The van der Waals surface area contributed by atoms with Gasteiger partial charge in [-0.25, -0.2) is 0 Å². The molecule has 6 nitrogen and oxygen atoms in total. The van der Waals surface area contributed by atoms with Crippen molar-refractivity contribution < 1.29 is 14.1 Å². The van der Waals surface area contributed by atoms with Gasteiger partial charge in [-0.2, -0.15) is 0 Å². The Kier molecular flexibility index (Phi) is 6.89. The molecular formula is C20H28ClN3O3. The summed E-state index contributed by atoms with van der Waals surface area (Å²) in [6.45, 7) is 8.51. The van der Waals surface area contributed by atoms with E-state index in [1.165, 1.54) is 0 Å². The van der Waals surface area contributed by atoms with Crippen molar-refractivity contribution in [3.05, 3.63) is 46.8 Å². The van der Waals surface area contributed by atoms with Crippen molar-refractivity contribution in [2.24, 2.45) is 11.1 Å². The van der Waals surface area contributed by atoms with Gasteiger partial charge in [0.1, 0.15) is 18.1 Å². The van der Waals surface area contributed by atoms with Gasteiger partial charge >= 0.3 is 0 Å². The van der Waals surface area contributed by atoms with Crippen molar-refractivity contribution in [3.63, 3.8) is 0 Å². The molecular weight excluding hydrogens is 366 g/mol. The molecule has 27 heavy (non-hydrogen) atoms. The number of nitrogens with two attached hydrogens (primary N) is 1. The van der Waals surface area contributed by atoms with E-state index in [0.717, 1.165) is 47.8 Å². The Hall–Kier alpha value is -2.05. The van der Waals surface area contributed by atoms with Crippen LogP contribution in [0.3, 0.4) is 0 Å². The molecule has 2 N–H and O–H groups in total. The highest BCUT2D eigenvalue weighted by Crippen LogP contribution is 2.29. The lowest BCUT2D eigenvalue weighted by molar-refractivity contribution is -0.129. The molecule has 1 aliphatic heterocycles. The minimum absolute atomic E-state index is 0. The Labute approximate surface area is 166 Å². The van der Waals surface area contributed by atoms with E-state index in [4.69, 9.17) is 15.0 Å². The number of aryl methyl sites for hydroxylation is 2. The summed E-state index contributed by atoms with van der Waals surface area (Å²) in [6, 6.07) is 7.68. The smallest absolute Gasteiger partial charge is 0.227 e. The molecule has 1 saturated heterocycles. The first-order valence-electron chi connectivity index (χ1n) is 9.01. The summed E-state index contributed by atoms with van der Waals surface area (Å²) in [5.74, 6) is 1.70. The van der Waals surface area contributed by atoms with Crippen molar-refractivity contribution in [1.82, 2.24) is 10.1 Å². The molecule has 2 aromatic rings. The summed E-state index contributed by atoms with van der Waals surface area (Å²) in [4.78, 5) is 14.4. The molecule has 1 amide bonds. The molecule has 1 aromatic carbocycles. The summed E-state index contributed by atoms with van der Waals surface area (Å²) >= 11 is 0. The summed E-state index contributed by atoms with van der Waals surface area (Å²) in [7, 11) is 0. The van der Waals surface area contributed by atoms with E-state index >= 15 is 0 Å². The van der Waals surface area contributed by atoms with Gasteiger partial charge in [0.05, 0.1) is 17.7 Å². The minimum atomic E-state index is 0. The molecule has 0 saturated carbocycles. The van der Waals surface area contributed by atoms with Gasteiger partial charge in [-0.1, -0.05) is 24.2 Å². The van der Waals surface area contributed by atoms with Gasteiger partial charge in [-0.15, -0.1) is 12.4 Å². The number of likely N-dealkylation sites (tertiary alicyclic amines) is 1. The molecule has 2 heterocycles. The fourth-order valence-corrected chi connectivity index (χ4v) is 3.26. The van der Waals surface area contributed by atoms with E-state index in [1.807, 2.05) is 43.0 Å². The molecule has 0 radical (unpaired) electrons. The van der Waals surface area contributed by atoms with Crippen molar-refractivity contribution in [2.75, 3.05) is 19.6 Å². The van der Waals surface area contributed by atoms with Crippen LogP contribution < -0.4 is 10.5 Å². The first-order valence-corrected chi connectivity index (χ1v) is 9.01. The van der Waals surface area contributed by atoms with E-state index in [-0.39, 0.29) is 23.7 Å². The number of carbonyl (C=O) groups excluding carboxylic acids is 1. The first kappa shape index (κ1) is 21.3. The highest BCUT2D eigenvalue weighted by Gasteiger charge is 2.34. The van der Waals surface area contributed by atoms with Crippen LogP contribution in [0.4, 0.5) is 0 Å². The number of amides is 1. The zero-order chi connectivity index (χ0) is 18.7. The van der Waals surface area contributed by atoms with Gasteiger partial charge in [0.25, 0.3) is 0 Å². The second-order valence-corrected chi connectivity index (χ2v) is 7.49. The van der Waals surface area contributed by atoms with Crippen LogP contribution in [0.5, 0.6) is 5.75 Å². The summed E-state index contributed by atoms with van der Waals surface area (Å²) in [5, 5.41) is 3.92. The number of aromatic nitrogens is 1. The lowest BCUT2D eigenvalue weighted by Crippen LogP contribution is -2.35. The second-order valence-electron chi connectivity index (χ2n) is 7.49. The van der Waals surface area contributed by atoms with Crippen molar-refractivity contribution in [3.8, 4) is 5.75 Å². The molecule has 0 bridgehead atoms. The third-order valence-corrected chi connectivity index (χ3v) is 5.25. The molecule has 1 unspecified atom stereocenters. The summed E-state index contributed by atoms with van der Waals surface area (Å²) < 4.78 is 10.9. The Morgan fingerprint density at radius 2 is 2.04 bits per heavy atom. The van der Waals surface area contributed by atoms with Crippen molar-refractivity contribution >= 4 is 18.3 Å². The molecule has 1 atom stereocenters. The van der Waals surface area contributed by atoms with Crippen LogP contribution in [0.25, 0.3) is 0 Å². The van der Waals surface area contributed by atoms with Gasteiger partial charge in [0, 0.05) is 13.1 Å². The zero-order valence-electron chi connectivity index (χ0n) is 16.2. The van der Waals surface area contributed by atoms with Crippen LogP contribution >= 0.6 is 12.4 Å². The average Bonchev–Trinajstić information content (AvgIpc) is 3.18. The van der Waals surface area contributed by atoms with Crippen LogP contribution in [-0.2, 0) is 17.8 Å². The predicted molar refractivity (Wildman–Crippen MR) is 106 cm³/mol. The lowest BCUT2D eigenvalue weighted by atomic mass is 9.90. The number of benzene rings is 1. The quantitative estimate of drug-likeness (QED) is 0.815. The Bertz CT molecular complexity index is 756. The second kappa shape index (κ2) is 8.76. The number of carbonyl (C=O) groups is 1. The third kappa shape index (κ3) is 5.02. The molecule has 148 valence electrons. The zero-order valence-corrected chi connectivity index (χ0v) is 17.0. The van der Waals surface area contributed by atoms with E-state index in [2.05, 4.69) is 12.1 Å². The van der Waals surface area contributed by atoms with Gasteiger partial charge in [0.2, 0.25) is 5.91 Å². The Morgan fingerprint density at radius 3 is 2.59 bits per heavy atom. The standard InChI is InChI=1S/C20H27N3O3.ClH/c1-14-18(15(2)26-22-14)11-25-17-6-4-16(5-7-17)10-19(24)23-9-8-20(3,12-21)13-23;/h4-7H,8-13,21H2,1-3H3;1H. The molecule has 1 aliphatic rings. The van der Waals surface area contributed by atoms with Crippen LogP contribution in [0, 0.1) is 19.3 Å². The number of hydrogen-bond acceptors (Lipinski definition) is 5. The SMILES string of the molecule is Cc1noc(C)c1COc1ccc(CC(=O)N2CCC(C)(CN)C2)cc1.Cl. The summed E-state index contributed by atoms with van der Waals surface area (Å²) in [6.07, 6.45) is 1.38. The van der Waals surface area contributed by atoms with Gasteiger partial charge < -0.3 is 19.9 Å². The first-order chi connectivity index (χ1) is 12.4. The normalized spacial score (nSPS) is 19.0. The summed E-state index contributed by atoms with van der Waals surface area (Å²) in [5.41, 5.74) is 8.69. The third-order valence-electron chi connectivity index (χ3n) is 5.25. The van der Waals surface area contributed by atoms with Crippen molar-refractivity contribution in [1.29, 1.82) is 0 Å². The van der Waals surface area contributed by atoms with Gasteiger partial charge in [-0.3, -0.25) is 4.79 Å². The van der Waals surface area contributed by atoms with E-state index in [9.17, 15) is 4.79 Å². The van der Waals surface area contributed by atoms with E-state index in [0.29, 0.717) is 19.6 Å². The molecule has 1 aromatic heterocycles.